The standard InChI is InChI=1S/C23H30N2O5/c1-6-28-18-8-10-19(11-9-18)30-17(5)23(27)25-24-22(26)14-29-21-13-16(4)7-12-20(21)15(2)3/h7-13,15,17H,6,14H2,1-5H3,(H,24,26)(H,25,27). The van der Waals surface area contributed by atoms with Gasteiger partial charge in [-0.1, -0.05) is 26.0 Å². The predicted octanol–water partition coefficient (Wildman–Crippen LogP) is 3.51. The molecule has 0 bridgehead atoms. The third-order valence-corrected chi connectivity index (χ3v) is 4.29. The van der Waals surface area contributed by atoms with Crippen molar-refractivity contribution < 1.29 is 23.8 Å². The average molecular weight is 415 g/mol. The van der Waals surface area contributed by atoms with E-state index in [1.807, 2.05) is 32.0 Å². The number of ether oxygens (including phenoxy) is 3. The van der Waals surface area contributed by atoms with Gasteiger partial charge in [0.25, 0.3) is 11.8 Å². The number of hydrogen-bond acceptors (Lipinski definition) is 5. The topological polar surface area (TPSA) is 85.9 Å². The molecule has 2 N–H and O–H groups in total. The lowest BCUT2D eigenvalue weighted by Gasteiger charge is -2.17. The molecule has 0 spiro atoms. The van der Waals surface area contributed by atoms with Crippen molar-refractivity contribution in [3.05, 3.63) is 53.6 Å². The highest BCUT2D eigenvalue weighted by atomic mass is 16.5. The molecule has 2 rings (SSSR count). The molecule has 1 atom stereocenters. The summed E-state index contributed by atoms with van der Waals surface area (Å²) in [6.07, 6.45) is -0.798. The zero-order chi connectivity index (χ0) is 22.1. The molecule has 0 aromatic heterocycles. The second kappa shape index (κ2) is 11.1. The Hall–Kier alpha value is -3.22. The largest absolute Gasteiger partial charge is 0.494 e. The lowest BCUT2D eigenvalue weighted by molar-refractivity contribution is -0.133. The first-order valence-corrected chi connectivity index (χ1v) is 10.0. The molecule has 0 aliphatic rings. The molecule has 0 aliphatic heterocycles. The van der Waals surface area contributed by atoms with Gasteiger partial charge in [-0.05, 0) is 68.1 Å². The predicted molar refractivity (Wildman–Crippen MR) is 115 cm³/mol. The summed E-state index contributed by atoms with van der Waals surface area (Å²) < 4.78 is 16.6. The maximum Gasteiger partial charge on any atom is 0.279 e. The lowest BCUT2D eigenvalue weighted by atomic mass is 10.0. The highest BCUT2D eigenvalue weighted by Crippen LogP contribution is 2.27. The first-order valence-electron chi connectivity index (χ1n) is 10.0. The van der Waals surface area contributed by atoms with Gasteiger partial charge in [0, 0.05) is 0 Å². The van der Waals surface area contributed by atoms with Gasteiger partial charge in [0.05, 0.1) is 6.61 Å². The Labute approximate surface area is 177 Å². The first-order chi connectivity index (χ1) is 14.3. The SMILES string of the molecule is CCOc1ccc(OC(C)C(=O)NNC(=O)COc2cc(C)ccc2C(C)C)cc1. The van der Waals surface area contributed by atoms with E-state index in [1.165, 1.54) is 0 Å². The van der Waals surface area contributed by atoms with E-state index < -0.39 is 17.9 Å². The summed E-state index contributed by atoms with van der Waals surface area (Å²) >= 11 is 0. The molecule has 30 heavy (non-hydrogen) atoms. The van der Waals surface area contributed by atoms with Crippen molar-refractivity contribution in [2.24, 2.45) is 0 Å². The summed E-state index contributed by atoms with van der Waals surface area (Å²) in [5, 5.41) is 0. The van der Waals surface area contributed by atoms with Crippen molar-refractivity contribution in [2.75, 3.05) is 13.2 Å². The molecule has 2 amide bonds. The van der Waals surface area contributed by atoms with Crippen molar-refractivity contribution in [2.45, 2.75) is 46.6 Å². The van der Waals surface area contributed by atoms with Gasteiger partial charge >= 0.3 is 0 Å². The Balaban J connectivity index is 1.80. The van der Waals surface area contributed by atoms with Gasteiger partial charge in [-0.15, -0.1) is 0 Å². The molecule has 7 heteroatoms. The number of amides is 2. The third-order valence-electron chi connectivity index (χ3n) is 4.29. The summed E-state index contributed by atoms with van der Waals surface area (Å²) in [6.45, 7) is 9.94. The van der Waals surface area contributed by atoms with Crippen molar-refractivity contribution >= 4 is 11.8 Å². The van der Waals surface area contributed by atoms with E-state index in [2.05, 4.69) is 24.7 Å². The molecule has 0 heterocycles. The molecule has 1 unspecified atom stereocenters. The zero-order valence-corrected chi connectivity index (χ0v) is 18.2. The van der Waals surface area contributed by atoms with E-state index in [0.717, 1.165) is 16.9 Å². The monoisotopic (exact) mass is 414 g/mol. The molecule has 2 aromatic carbocycles. The minimum absolute atomic E-state index is 0.211. The molecular weight excluding hydrogens is 384 g/mol. The highest BCUT2D eigenvalue weighted by molar-refractivity contribution is 5.85. The van der Waals surface area contributed by atoms with Crippen LogP contribution in [0.2, 0.25) is 0 Å². The van der Waals surface area contributed by atoms with Gasteiger partial charge in [0.2, 0.25) is 0 Å². The average Bonchev–Trinajstić information content (AvgIpc) is 2.71. The van der Waals surface area contributed by atoms with Gasteiger partial charge in [0.1, 0.15) is 17.2 Å². The van der Waals surface area contributed by atoms with E-state index >= 15 is 0 Å². The number of benzene rings is 2. The zero-order valence-electron chi connectivity index (χ0n) is 18.2. The van der Waals surface area contributed by atoms with Crippen LogP contribution in [0, 0.1) is 6.92 Å². The molecule has 0 saturated heterocycles. The van der Waals surface area contributed by atoms with Crippen molar-refractivity contribution in [1.82, 2.24) is 10.9 Å². The van der Waals surface area contributed by atoms with E-state index in [-0.39, 0.29) is 12.5 Å². The van der Waals surface area contributed by atoms with Crippen LogP contribution in [0.3, 0.4) is 0 Å². The minimum Gasteiger partial charge on any atom is -0.494 e. The minimum atomic E-state index is -0.798. The van der Waals surface area contributed by atoms with Crippen LogP contribution < -0.4 is 25.1 Å². The van der Waals surface area contributed by atoms with Gasteiger partial charge in [-0.2, -0.15) is 0 Å². The van der Waals surface area contributed by atoms with Crippen LogP contribution in [0.15, 0.2) is 42.5 Å². The van der Waals surface area contributed by atoms with Crippen LogP contribution in [-0.2, 0) is 9.59 Å². The van der Waals surface area contributed by atoms with Gasteiger partial charge in [-0.25, -0.2) is 0 Å². The van der Waals surface area contributed by atoms with E-state index in [9.17, 15) is 9.59 Å². The van der Waals surface area contributed by atoms with Crippen LogP contribution >= 0.6 is 0 Å². The number of nitrogens with one attached hydrogen (secondary N) is 2. The Kier molecular flexibility index (Phi) is 8.53. The Bertz CT molecular complexity index is 849. The summed E-state index contributed by atoms with van der Waals surface area (Å²) in [4.78, 5) is 24.2. The molecule has 0 fully saturated rings. The molecule has 0 radical (unpaired) electrons. The third kappa shape index (κ3) is 6.99. The first kappa shape index (κ1) is 23.1. The van der Waals surface area contributed by atoms with Gasteiger partial charge < -0.3 is 14.2 Å². The summed E-state index contributed by atoms with van der Waals surface area (Å²) in [6, 6.07) is 12.9. The molecular formula is C23H30N2O5. The Morgan fingerprint density at radius 3 is 2.23 bits per heavy atom. The van der Waals surface area contributed by atoms with Crippen LogP contribution in [0.1, 0.15) is 44.7 Å². The summed E-state index contributed by atoms with van der Waals surface area (Å²) in [5.41, 5.74) is 6.76. The van der Waals surface area contributed by atoms with E-state index in [4.69, 9.17) is 14.2 Å². The van der Waals surface area contributed by atoms with Crippen LogP contribution in [0.4, 0.5) is 0 Å². The second-order valence-corrected chi connectivity index (χ2v) is 7.19. The highest BCUT2D eigenvalue weighted by Gasteiger charge is 2.16. The number of rotatable bonds is 9. The van der Waals surface area contributed by atoms with E-state index in [0.29, 0.717) is 18.1 Å². The lowest BCUT2D eigenvalue weighted by Crippen LogP contribution is -2.48. The van der Waals surface area contributed by atoms with Gasteiger partial charge in [-0.3, -0.25) is 20.4 Å². The van der Waals surface area contributed by atoms with Crippen LogP contribution in [0.25, 0.3) is 0 Å². The molecule has 7 nitrogen and oxygen atoms in total. The molecule has 2 aromatic rings. The maximum atomic E-state index is 12.2. The summed E-state index contributed by atoms with van der Waals surface area (Å²) in [7, 11) is 0. The fourth-order valence-corrected chi connectivity index (χ4v) is 2.69. The smallest absolute Gasteiger partial charge is 0.279 e. The quantitative estimate of drug-likeness (QED) is 0.614. The number of hydrazine groups is 1. The van der Waals surface area contributed by atoms with Crippen LogP contribution in [0.5, 0.6) is 17.2 Å². The Morgan fingerprint density at radius 2 is 1.60 bits per heavy atom. The summed E-state index contributed by atoms with van der Waals surface area (Å²) in [5.74, 6) is 1.24. The fourth-order valence-electron chi connectivity index (χ4n) is 2.69. The number of aryl methyl sites for hydroxylation is 1. The number of hydrogen-bond donors (Lipinski definition) is 2. The number of carbonyl (C=O) groups excluding carboxylic acids is 2. The van der Waals surface area contributed by atoms with E-state index in [1.54, 1.807) is 31.2 Å². The van der Waals surface area contributed by atoms with Gasteiger partial charge in [0.15, 0.2) is 12.7 Å². The second-order valence-electron chi connectivity index (χ2n) is 7.19. The van der Waals surface area contributed by atoms with Crippen molar-refractivity contribution in [1.29, 1.82) is 0 Å². The Morgan fingerprint density at radius 1 is 0.933 bits per heavy atom. The molecule has 162 valence electrons. The maximum absolute atomic E-state index is 12.2. The molecule has 0 saturated carbocycles. The molecule has 0 aliphatic carbocycles. The van der Waals surface area contributed by atoms with Crippen molar-refractivity contribution in [3.63, 3.8) is 0 Å². The van der Waals surface area contributed by atoms with Crippen molar-refractivity contribution in [3.8, 4) is 17.2 Å². The number of carbonyl (C=O) groups is 2. The normalized spacial score (nSPS) is 11.5. The van der Waals surface area contributed by atoms with Crippen LogP contribution in [-0.4, -0.2) is 31.1 Å². The fraction of sp³-hybridized carbons (Fsp3) is 0.391.